The number of phenols is 1. The molecule has 0 saturated heterocycles. The van der Waals surface area contributed by atoms with Gasteiger partial charge in [-0.15, -0.1) is 11.3 Å². The average molecular weight is 399 g/mol. The summed E-state index contributed by atoms with van der Waals surface area (Å²) in [4.78, 5) is 12.7. The van der Waals surface area contributed by atoms with Gasteiger partial charge in [0.25, 0.3) is 5.91 Å². The number of carbonyl (C=O) groups is 1. The van der Waals surface area contributed by atoms with Gasteiger partial charge in [-0.25, -0.2) is 9.82 Å². The highest BCUT2D eigenvalue weighted by Gasteiger charge is 2.17. The van der Waals surface area contributed by atoms with E-state index in [-0.39, 0.29) is 15.6 Å². The first-order valence-corrected chi connectivity index (χ1v) is 9.15. The molecule has 4 rings (SSSR count). The number of hydrogen-bond donors (Lipinski definition) is 2. The Kier molecular flexibility index (Phi) is 4.51. The predicted molar refractivity (Wildman–Crippen MR) is 107 cm³/mol. The van der Waals surface area contributed by atoms with Gasteiger partial charge in [0.15, 0.2) is 0 Å². The Bertz CT molecular complexity index is 1220. The van der Waals surface area contributed by atoms with E-state index in [2.05, 4.69) is 10.5 Å². The quantitative estimate of drug-likeness (QED) is 0.362. The SMILES string of the molecule is O=C(NN=Cc1c(O)ccc2ccccc12)c1sc2cc(F)ccc2c1Cl. The molecule has 0 bridgehead atoms. The van der Waals surface area contributed by atoms with E-state index < -0.39 is 11.7 Å². The van der Waals surface area contributed by atoms with Crippen molar-refractivity contribution in [3.05, 3.63) is 75.9 Å². The Labute approximate surface area is 162 Å². The summed E-state index contributed by atoms with van der Waals surface area (Å²) in [6.07, 6.45) is 1.39. The summed E-state index contributed by atoms with van der Waals surface area (Å²) >= 11 is 7.33. The van der Waals surface area contributed by atoms with E-state index in [0.29, 0.717) is 15.6 Å². The van der Waals surface area contributed by atoms with Gasteiger partial charge in [-0.05, 0) is 35.0 Å². The second kappa shape index (κ2) is 6.98. The van der Waals surface area contributed by atoms with Crippen LogP contribution in [-0.2, 0) is 0 Å². The summed E-state index contributed by atoms with van der Waals surface area (Å²) in [6, 6.07) is 15.1. The molecular formula is C20H12ClFN2O2S. The van der Waals surface area contributed by atoms with Gasteiger partial charge < -0.3 is 5.11 Å². The molecule has 0 saturated carbocycles. The molecule has 0 radical (unpaired) electrons. The van der Waals surface area contributed by atoms with Gasteiger partial charge in [-0.3, -0.25) is 4.79 Å². The fourth-order valence-electron chi connectivity index (χ4n) is 2.81. The van der Waals surface area contributed by atoms with E-state index >= 15 is 0 Å². The van der Waals surface area contributed by atoms with Gasteiger partial charge in [0, 0.05) is 15.6 Å². The molecule has 1 aromatic heterocycles. The van der Waals surface area contributed by atoms with Crippen molar-refractivity contribution in [1.82, 2.24) is 5.43 Å². The van der Waals surface area contributed by atoms with E-state index in [1.807, 2.05) is 24.3 Å². The van der Waals surface area contributed by atoms with Crippen LogP contribution in [0.15, 0.2) is 59.7 Å². The van der Waals surface area contributed by atoms with Crippen LogP contribution in [0.5, 0.6) is 5.75 Å². The number of hydrogen-bond acceptors (Lipinski definition) is 4. The third kappa shape index (κ3) is 3.25. The van der Waals surface area contributed by atoms with Crippen LogP contribution in [0.4, 0.5) is 4.39 Å². The largest absolute Gasteiger partial charge is 0.507 e. The van der Waals surface area contributed by atoms with Gasteiger partial charge in [0.1, 0.15) is 16.4 Å². The number of hydrazone groups is 1. The van der Waals surface area contributed by atoms with Gasteiger partial charge in [0.2, 0.25) is 0 Å². The van der Waals surface area contributed by atoms with Crippen molar-refractivity contribution in [2.45, 2.75) is 0 Å². The summed E-state index contributed by atoms with van der Waals surface area (Å²) in [6.45, 7) is 0. The number of carbonyl (C=O) groups excluding carboxylic acids is 1. The molecule has 2 N–H and O–H groups in total. The highest BCUT2D eigenvalue weighted by atomic mass is 35.5. The first kappa shape index (κ1) is 17.5. The number of thiophene rings is 1. The molecule has 0 spiro atoms. The van der Waals surface area contributed by atoms with E-state index in [4.69, 9.17) is 11.6 Å². The fourth-order valence-corrected chi connectivity index (χ4v) is 4.24. The molecule has 3 aromatic carbocycles. The standard InChI is InChI=1S/C20H12ClFN2O2S/c21-18-14-7-6-12(22)9-17(14)27-19(18)20(26)24-23-10-15-13-4-2-1-3-11(13)5-8-16(15)25/h1-10,25H,(H,24,26). The zero-order chi connectivity index (χ0) is 19.0. The molecule has 134 valence electrons. The average Bonchev–Trinajstić information content (AvgIpc) is 2.99. The molecule has 0 aliphatic heterocycles. The van der Waals surface area contributed by atoms with Crippen molar-refractivity contribution in [2.24, 2.45) is 5.10 Å². The topological polar surface area (TPSA) is 61.7 Å². The Morgan fingerprint density at radius 2 is 1.96 bits per heavy atom. The zero-order valence-electron chi connectivity index (χ0n) is 13.7. The predicted octanol–water partition coefficient (Wildman–Crippen LogP) is 5.32. The maximum Gasteiger partial charge on any atom is 0.283 e. The number of phenolic OH excluding ortho intramolecular Hbond substituents is 1. The molecule has 0 fully saturated rings. The molecule has 4 aromatic rings. The zero-order valence-corrected chi connectivity index (χ0v) is 15.3. The summed E-state index contributed by atoms with van der Waals surface area (Å²) < 4.78 is 13.9. The lowest BCUT2D eigenvalue weighted by atomic mass is 10.0. The van der Waals surface area contributed by atoms with Crippen molar-refractivity contribution in [3.63, 3.8) is 0 Å². The highest BCUT2D eigenvalue weighted by Crippen LogP contribution is 2.35. The summed E-state index contributed by atoms with van der Waals surface area (Å²) in [7, 11) is 0. The van der Waals surface area contributed by atoms with Crippen molar-refractivity contribution < 1.29 is 14.3 Å². The van der Waals surface area contributed by atoms with E-state index in [1.165, 1.54) is 24.4 Å². The van der Waals surface area contributed by atoms with Crippen molar-refractivity contribution in [1.29, 1.82) is 0 Å². The maximum atomic E-state index is 13.4. The number of aromatic hydroxyl groups is 1. The summed E-state index contributed by atoms with van der Waals surface area (Å²) in [5.41, 5.74) is 2.91. The minimum absolute atomic E-state index is 0.0575. The lowest BCUT2D eigenvalue weighted by Crippen LogP contribution is -2.16. The smallest absolute Gasteiger partial charge is 0.283 e. The molecule has 7 heteroatoms. The number of fused-ring (bicyclic) bond motifs is 2. The normalized spacial score (nSPS) is 11.5. The monoisotopic (exact) mass is 398 g/mol. The number of halogens is 2. The number of nitrogens with zero attached hydrogens (tertiary/aromatic N) is 1. The molecule has 0 aliphatic rings. The van der Waals surface area contributed by atoms with Gasteiger partial charge in [0.05, 0.1) is 11.2 Å². The van der Waals surface area contributed by atoms with Crippen LogP contribution in [0.1, 0.15) is 15.2 Å². The second-order valence-corrected chi connectivity index (χ2v) is 7.23. The van der Waals surface area contributed by atoms with Crippen LogP contribution in [0.2, 0.25) is 5.02 Å². The van der Waals surface area contributed by atoms with Crippen molar-refractivity contribution >= 4 is 55.9 Å². The number of amides is 1. The lowest BCUT2D eigenvalue weighted by molar-refractivity contribution is 0.0959. The Morgan fingerprint density at radius 3 is 2.81 bits per heavy atom. The molecule has 4 nitrogen and oxygen atoms in total. The summed E-state index contributed by atoms with van der Waals surface area (Å²) in [5, 5.41) is 16.7. The minimum Gasteiger partial charge on any atom is -0.507 e. The van der Waals surface area contributed by atoms with Crippen LogP contribution in [-0.4, -0.2) is 17.2 Å². The third-order valence-electron chi connectivity index (χ3n) is 4.11. The number of benzene rings is 3. The van der Waals surface area contributed by atoms with Crippen LogP contribution >= 0.6 is 22.9 Å². The Hall–Kier alpha value is -2.96. The van der Waals surface area contributed by atoms with Crippen LogP contribution < -0.4 is 5.43 Å². The molecule has 27 heavy (non-hydrogen) atoms. The van der Waals surface area contributed by atoms with Crippen LogP contribution in [0.25, 0.3) is 20.9 Å². The Morgan fingerprint density at radius 1 is 1.15 bits per heavy atom. The summed E-state index contributed by atoms with van der Waals surface area (Å²) in [5.74, 6) is -0.837. The highest BCUT2D eigenvalue weighted by molar-refractivity contribution is 7.21. The van der Waals surface area contributed by atoms with Crippen molar-refractivity contribution in [3.8, 4) is 5.75 Å². The second-order valence-electron chi connectivity index (χ2n) is 5.80. The lowest BCUT2D eigenvalue weighted by Gasteiger charge is -2.04. The fraction of sp³-hybridized carbons (Fsp3) is 0. The molecule has 0 unspecified atom stereocenters. The van der Waals surface area contributed by atoms with Gasteiger partial charge >= 0.3 is 0 Å². The third-order valence-corrected chi connectivity index (χ3v) is 5.76. The molecule has 1 amide bonds. The van der Waals surface area contributed by atoms with E-state index in [1.54, 1.807) is 12.1 Å². The Balaban J connectivity index is 1.62. The van der Waals surface area contributed by atoms with Gasteiger partial charge in [-0.1, -0.05) is 41.9 Å². The van der Waals surface area contributed by atoms with E-state index in [0.717, 1.165) is 22.1 Å². The molecule has 1 heterocycles. The van der Waals surface area contributed by atoms with Crippen molar-refractivity contribution in [2.75, 3.05) is 0 Å². The molecular weight excluding hydrogens is 387 g/mol. The number of nitrogens with one attached hydrogen (secondary N) is 1. The van der Waals surface area contributed by atoms with Crippen LogP contribution in [0.3, 0.4) is 0 Å². The maximum absolute atomic E-state index is 13.4. The first-order chi connectivity index (χ1) is 13.0. The van der Waals surface area contributed by atoms with Gasteiger partial charge in [-0.2, -0.15) is 5.10 Å². The minimum atomic E-state index is -0.502. The number of rotatable bonds is 3. The molecule has 0 atom stereocenters. The first-order valence-electron chi connectivity index (χ1n) is 7.96. The van der Waals surface area contributed by atoms with E-state index in [9.17, 15) is 14.3 Å². The van der Waals surface area contributed by atoms with Crippen LogP contribution in [0, 0.1) is 5.82 Å². The molecule has 0 aliphatic carbocycles.